The van der Waals surface area contributed by atoms with E-state index in [1.165, 1.54) is 23.3 Å². The van der Waals surface area contributed by atoms with Crippen molar-refractivity contribution < 1.29 is 8.42 Å². The van der Waals surface area contributed by atoms with E-state index in [1.807, 2.05) is 19.1 Å². The zero-order valence-electron chi connectivity index (χ0n) is 17.4. The molecule has 29 heavy (non-hydrogen) atoms. The first-order chi connectivity index (χ1) is 13.3. The summed E-state index contributed by atoms with van der Waals surface area (Å²) in [6.07, 6.45) is 1.05. The summed E-state index contributed by atoms with van der Waals surface area (Å²) < 4.78 is 25.5. The molecule has 0 aliphatic heterocycles. The predicted octanol–water partition coefficient (Wildman–Crippen LogP) is 3.55. The van der Waals surface area contributed by atoms with E-state index in [-0.39, 0.29) is 28.9 Å². The molecule has 0 fully saturated rings. The Morgan fingerprint density at radius 2 is 1.86 bits per heavy atom. The molecule has 1 heterocycles. The van der Waals surface area contributed by atoms with Crippen molar-refractivity contribution in [2.75, 3.05) is 27.2 Å². The fourth-order valence-electron chi connectivity index (χ4n) is 2.60. The Bertz CT molecular complexity index is 851. The molecule has 2 N–H and O–H groups in total. The lowest BCUT2D eigenvalue weighted by Gasteiger charge is -2.15. The normalized spacial score (nSPS) is 13.1. The summed E-state index contributed by atoms with van der Waals surface area (Å²) in [6.45, 7) is 6.36. The fraction of sp³-hybridized carbons (Fsp3) is 0.450. The van der Waals surface area contributed by atoms with Crippen molar-refractivity contribution in [3.63, 3.8) is 0 Å². The van der Waals surface area contributed by atoms with Gasteiger partial charge in [0.05, 0.1) is 11.4 Å². The second-order valence-corrected chi connectivity index (χ2v) is 10.1. The van der Waals surface area contributed by atoms with Gasteiger partial charge in [-0.2, -0.15) is 0 Å². The predicted molar refractivity (Wildman–Crippen MR) is 133 cm³/mol. The van der Waals surface area contributed by atoms with Crippen LogP contribution in [0.1, 0.15) is 24.3 Å². The molecule has 1 aromatic heterocycles. The summed E-state index contributed by atoms with van der Waals surface area (Å²) in [5, 5.41) is 8.76. The molecule has 0 aliphatic carbocycles. The van der Waals surface area contributed by atoms with Crippen molar-refractivity contribution in [2.45, 2.75) is 31.7 Å². The van der Waals surface area contributed by atoms with Crippen molar-refractivity contribution in [1.82, 2.24) is 14.9 Å². The molecule has 0 saturated carbocycles. The van der Waals surface area contributed by atoms with Crippen LogP contribution in [0, 0.1) is 5.92 Å². The molecule has 9 heteroatoms. The molecule has 1 atom stereocenters. The van der Waals surface area contributed by atoms with Gasteiger partial charge in [0.25, 0.3) is 0 Å². The van der Waals surface area contributed by atoms with Gasteiger partial charge in [-0.15, -0.1) is 35.3 Å². The summed E-state index contributed by atoms with van der Waals surface area (Å²) in [4.78, 5) is 6.30. The third-order valence-corrected chi connectivity index (χ3v) is 6.94. The van der Waals surface area contributed by atoms with E-state index in [4.69, 9.17) is 0 Å². The van der Waals surface area contributed by atoms with E-state index >= 15 is 0 Å². The zero-order chi connectivity index (χ0) is 20.6. The van der Waals surface area contributed by atoms with E-state index in [1.54, 1.807) is 23.5 Å². The molecule has 2 aromatic rings. The third-order valence-electron chi connectivity index (χ3n) is 4.21. The van der Waals surface area contributed by atoms with Gasteiger partial charge in [0.2, 0.25) is 10.0 Å². The second-order valence-electron chi connectivity index (χ2n) is 6.90. The molecule has 2 rings (SSSR count). The highest BCUT2D eigenvalue weighted by Crippen LogP contribution is 2.15. The van der Waals surface area contributed by atoms with Gasteiger partial charge in [0.1, 0.15) is 0 Å². The summed E-state index contributed by atoms with van der Waals surface area (Å²) in [5.41, 5.74) is 0.960. The molecule has 1 aromatic carbocycles. The zero-order valence-corrected chi connectivity index (χ0v) is 21.3. The van der Waals surface area contributed by atoms with Crippen molar-refractivity contribution >= 4 is 51.3 Å². The molecule has 0 bridgehead atoms. The highest BCUT2D eigenvalue weighted by molar-refractivity contribution is 14.0. The Kier molecular flexibility index (Phi) is 11.2. The molecule has 162 valence electrons. The number of thiophene rings is 1. The standard InChI is InChI=1S/C20H30N4O2S2.HI/c1-5-21-20(22-14-16(2)13-18-7-6-12-27-18)23-15-17-8-10-19(11-9-17)28(25,26)24(3)4;/h6-12,16H,5,13-15H2,1-4H3,(H2,21,22,23);1H. The number of sulfonamides is 1. The lowest BCUT2D eigenvalue weighted by atomic mass is 10.1. The van der Waals surface area contributed by atoms with Crippen LogP contribution in [0.3, 0.4) is 0 Å². The Hall–Kier alpha value is -1.17. The smallest absolute Gasteiger partial charge is 0.242 e. The minimum atomic E-state index is -3.40. The van der Waals surface area contributed by atoms with Crippen LogP contribution in [0.2, 0.25) is 0 Å². The molecule has 0 saturated heterocycles. The number of nitrogens with one attached hydrogen (secondary N) is 2. The maximum Gasteiger partial charge on any atom is 0.242 e. The number of halogens is 1. The van der Waals surface area contributed by atoms with Gasteiger partial charge in [-0.1, -0.05) is 25.1 Å². The third kappa shape index (κ3) is 8.23. The van der Waals surface area contributed by atoms with Crippen molar-refractivity contribution in [2.24, 2.45) is 10.9 Å². The number of hydrogen-bond acceptors (Lipinski definition) is 4. The Morgan fingerprint density at radius 1 is 1.17 bits per heavy atom. The van der Waals surface area contributed by atoms with Crippen LogP contribution < -0.4 is 10.6 Å². The quantitative estimate of drug-likeness (QED) is 0.285. The first-order valence-electron chi connectivity index (χ1n) is 9.39. The van der Waals surface area contributed by atoms with Gasteiger partial charge in [-0.25, -0.2) is 17.7 Å². The lowest BCUT2D eigenvalue weighted by molar-refractivity contribution is 0.520. The summed E-state index contributed by atoms with van der Waals surface area (Å²) in [7, 11) is -0.341. The highest BCUT2D eigenvalue weighted by Gasteiger charge is 2.16. The average Bonchev–Trinajstić information content (AvgIpc) is 3.17. The molecule has 6 nitrogen and oxygen atoms in total. The monoisotopic (exact) mass is 550 g/mol. The summed E-state index contributed by atoms with van der Waals surface area (Å²) in [5.74, 6) is 1.27. The van der Waals surface area contributed by atoms with Crippen LogP contribution in [0.4, 0.5) is 0 Å². The molecular formula is C20H31IN4O2S2. The van der Waals surface area contributed by atoms with Gasteiger partial charge < -0.3 is 10.6 Å². The van der Waals surface area contributed by atoms with Crippen LogP contribution in [-0.4, -0.2) is 45.9 Å². The number of guanidine groups is 1. The lowest BCUT2D eigenvalue weighted by Crippen LogP contribution is -2.39. The number of nitrogens with zero attached hydrogens (tertiary/aromatic N) is 2. The van der Waals surface area contributed by atoms with Gasteiger partial charge in [0, 0.05) is 32.1 Å². The van der Waals surface area contributed by atoms with Crippen LogP contribution in [0.5, 0.6) is 0 Å². The van der Waals surface area contributed by atoms with Crippen molar-refractivity contribution in [1.29, 1.82) is 0 Å². The van der Waals surface area contributed by atoms with E-state index in [0.717, 1.165) is 31.0 Å². The first kappa shape index (κ1) is 25.9. The minimum absolute atomic E-state index is 0. The second kappa shape index (κ2) is 12.5. The fourth-order valence-corrected chi connectivity index (χ4v) is 4.38. The Balaban J connectivity index is 0.00000420. The number of benzene rings is 1. The van der Waals surface area contributed by atoms with Crippen LogP contribution in [-0.2, 0) is 23.0 Å². The van der Waals surface area contributed by atoms with E-state index in [9.17, 15) is 8.42 Å². The molecule has 0 aliphatic rings. The van der Waals surface area contributed by atoms with Crippen molar-refractivity contribution in [3.8, 4) is 0 Å². The summed E-state index contributed by atoms with van der Waals surface area (Å²) in [6, 6.07) is 11.1. The molecule has 1 unspecified atom stereocenters. The van der Waals surface area contributed by atoms with Crippen LogP contribution >= 0.6 is 35.3 Å². The molecule has 0 spiro atoms. The van der Waals surface area contributed by atoms with E-state index in [0.29, 0.717) is 12.5 Å². The van der Waals surface area contributed by atoms with Gasteiger partial charge in [-0.05, 0) is 48.4 Å². The topological polar surface area (TPSA) is 73.8 Å². The van der Waals surface area contributed by atoms with Gasteiger partial charge in [0.15, 0.2) is 5.96 Å². The average molecular weight is 551 g/mol. The number of rotatable bonds is 9. The van der Waals surface area contributed by atoms with Gasteiger partial charge in [-0.3, -0.25) is 0 Å². The number of aliphatic imine (C=N–C) groups is 1. The summed E-state index contributed by atoms with van der Waals surface area (Å²) >= 11 is 1.79. The van der Waals surface area contributed by atoms with E-state index < -0.39 is 10.0 Å². The highest BCUT2D eigenvalue weighted by atomic mass is 127. The maximum atomic E-state index is 12.1. The molecule has 0 amide bonds. The first-order valence-corrected chi connectivity index (χ1v) is 11.7. The maximum absolute atomic E-state index is 12.1. The van der Waals surface area contributed by atoms with Gasteiger partial charge >= 0.3 is 0 Å². The largest absolute Gasteiger partial charge is 0.357 e. The van der Waals surface area contributed by atoms with Crippen molar-refractivity contribution in [3.05, 3.63) is 52.2 Å². The Labute approximate surface area is 195 Å². The van der Waals surface area contributed by atoms with E-state index in [2.05, 4.69) is 40.1 Å². The molecular weight excluding hydrogens is 519 g/mol. The molecule has 0 radical (unpaired) electrons. The minimum Gasteiger partial charge on any atom is -0.357 e. The van der Waals surface area contributed by atoms with Crippen LogP contribution in [0.15, 0.2) is 51.7 Å². The van der Waals surface area contributed by atoms with Crippen LogP contribution in [0.25, 0.3) is 0 Å². The SMILES string of the molecule is CCNC(=NCc1ccc(S(=O)(=O)N(C)C)cc1)NCC(C)Cc1cccs1.I. The number of hydrogen-bond donors (Lipinski definition) is 2. The Morgan fingerprint density at radius 3 is 2.41 bits per heavy atom.